The lowest BCUT2D eigenvalue weighted by atomic mass is 10.1. The zero-order chi connectivity index (χ0) is 19.3. The van der Waals surface area contributed by atoms with Gasteiger partial charge in [-0.2, -0.15) is 13.2 Å². The molecule has 1 N–H and O–H groups in total. The van der Waals surface area contributed by atoms with Crippen LogP contribution in [0.4, 0.5) is 18.9 Å². The van der Waals surface area contributed by atoms with E-state index in [0.29, 0.717) is 9.53 Å². The van der Waals surface area contributed by atoms with E-state index >= 15 is 0 Å². The molecule has 2 rings (SSSR count). The number of hydrogen-bond acceptors (Lipinski definition) is 4. The summed E-state index contributed by atoms with van der Waals surface area (Å²) >= 11 is 1.96. The second kappa shape index (κ2) is 8.39. The quantitative estimate of drug-likeness (QED) is 0.390. The summed E-state index contributed by atoms with van der Waals surface area (Å²) in [6.07, 6.45) is -3.49. The van der Waals surface area contributed by atoms with Crippen LogP contribution < -0.4 is 5.32 Å². The maximum Gasteiger partial charge on any atom is 0.418 e. The number of amides is 1. The number of esters is 1. The van der Waals surface area contributed by atoms with E-state index in [1.807, 2.05) is 22.6 Å². The first-order valence-corrected chi connectivity index (χ1v) is 8.36. The number of para-hydroxylation sites is 1. The van der Waals surface area contributed by atoms with Crippen LogP contribution in [0.3, 0.4) is 0 Å². The number of alkyl halides is 3. The fourth-order valence-corrected chi connectivity index (χ4v) is 2.34. The van der Waals surface area contributed by atoms with Crippen molar-refractivity contribution in [2.24, 2.45) is 0 Å². The summed E-state index contributed by atoms with van der Waals surface area (Å²) < 4.78 is 49.5. The van der Waals surface area contributed by atoms with Crippen molar-refractivity contribution in [3.05, 3.63) is 57.6 Å². The molecule has 0 saturated carbocycles. The second-order valence-electron chi connectivity index (χ2n) is 5.09. The van der Waals surface area contributed by atoms with Crippen molar-refractivity contribution in [2.45, 2.75) is 19.2 Å². The first-order valence-electron chi connectivity index (χ1n) is 7.28. The minimum atomic E-state index is -4.62. The van der Waals surface area contributed by atoms with Gasteiger partial charge in [0.1, 0.15) is 5.76 Å². The van der Waals surface area contributed by atoms with Crippen molar-refractivity contribution < 1.29 is 31.9 Å². The van der Waals surface area contributed by atoms with Gasteiger partial charge in [0, 0.05) is 6.08 Å². The summed E-state index contributed by atoms with van der Waals surface area (Å²) in [5.74, 6) is -1.29. The highest BCUT2D eigenvalue weighted by Gasteiger charge is 2.34. The summed E-state index contributed by atoms with van der Waals surface area (Å²) in [6.45, 7) is 1.26. The number of furan rings is 1. The Kier molecular flexibility index (Phi) is 6.46. The lowest BCUT2D eigenvalue weighted by Crippen LogP contribution is -2.30. The highest BCUT2D eigenvalue weighted by molar-refractivity contribution is 14.1. The van der Waals surface area contributed by atoms with Crippen LogP contribution in [0.25, 0.3) is 6.08 Å². The van der Waals surface area contributed by atoms with Crippen LogP contribution in [0, 0.1) is 3.77 Å². The second-order valence-corrected chi connectivity index (χ2v) is 6.15. The minimum Gasteiger partial charge on any atom is -0.451 e. The zero-order valence-corrected chi connectivity index (χ0v) is 15.5. The molecule has 0 aliphatic rings. The normalized spacial score (nSPS) is 12.8. The average Bonchev–Trinajstić information content (AvgIpc) is 2.98. The third-order valence-electron chi connectivity index (χ3n) is 3.13. The van der Waals surface area contributed by atoms with Gasteiger partial charge in [0.2, 0.25) is 0 Å². The predicted molar refractivity (Wildman–Crippen MR) is 96.1 cm³/mol. The van der Waals surface area contributed by atoms with Crippen LogP contribution in [0.5, 0.6) is 0 Å². The molecule has 0 aliphatic heterocycles. The molecule has 9 heteroatoms. The Morgan fingerprint density at radius 2 is 1.92 bits per heavy atom. The van der Waals surface area contributed by atoms with Crippen molar-refractivity contribution in [1.29, 1.82) is 0 Å². The SMILES string of the molecule is CC(OC(=O)/C=C/c1ccc(I)o1)C(=O)Nc1ccccc1C(F)(F)F. The van der Waals surface area contributed by atoms with E-state index in [0.717, 1.165) is 18.2 Å². The predicted octanol–water partition coefficient (Wildman–Crippen LogP) is 4.49. The zero-order valence-electron chi connectivity index (χ0n) is 13.3. The molecule has 0 fully saturated rings. The molecule has 0 radical (unpaired) electrons. The van der Waals surface area contributed by atoms with Crippen LogP contribution in [0.2, 0.25) is 0 Å². The van der Waals surface area contributed by atoms with Gasteiger partial charge in [-0.25, -0.2) is 4.79 Å². The molecule has 1 aromatic heterocycles. The third kappa shape index (κ3) is 5.61. The molecular formula is C17H13F3INO4. The molecule has 138 valence electrons. The van der Waals surface area contributed by atoms with Gasteiger partial charge in [0.25, 0.3) is 5.91 Å². The number of anilines is 1. The summed E-state index contributed by atoms with van der Waals surface area (Å²) in [5.41, 5.74) is -1.40. The topological polar surface area (TPSA) is 68.5 Å². The van der Waals surface area contributed by atoms with E-state index in [1.165, 1.54) is 25.1 Å². The molecule has 0 bridgehead atoms. The molecule has 0 spiro atoms. The molecule has 1 amide bonds. The number of carbonyl (C=O) groups excluding carboxylic acids is 2. The van der Waals surface area contributed by atoms with Crippen LogP contribution >= 0.6 is 22.6 Å². The van der Waals surface area contributed by atoms with Gasteiger partial charge in [0.15, 0.2) is 9.87 Å². The molecule has 1 heterocycles. The Bertz CT molecular complexity index is 829. The monoisotopic (exact) mass is 479 g/mol. The summed E-state index contributed by atoms with van der Waals surface area (Å²) in [4.78, 5) is 23.7. The Morgan fingerprint density at radius 1 is 1.23 bits per heavy atom. The minimum absolute atomic E-state index is 0.409. The number of carbonyl (C=O) groups is 2. The van der Waals surface area contributed by atoms with Gasteiger partial charge < -0.3 is 14.5 Å². The van der Waals surface area contributed by atoms with Crippen LogP contribution in [0.15, 0.2) is 46.9 Å². The summed E-state index contributed by atoms with van der Waals surface area (Å²) in [7, 11) is 0. The Morgan fingerprint density at radius 3 is 2.54 bits per heavy atom. The molecule has 0 aliphatic carbocycles. The Hall–Kier alpha value is -2.30. The molecule has 26 heavy (non-hydrogen) atoms. The van der Waals surface area contributed by atoms with Gasteiger partial charge >= 0.3 is 12.1 Å². The highest BCUT2D eigenvalue weighted by atomic mass is 127. The molecule has 2 aromatic rings. The average molecular weight is 479 g/mol. The van der Waals surface area contributed by atoms with Crippen LogP contribution in [-0.2, 0) is 20.5 Å². The van der Waals surface area contributed by atoms with E-state index in [4.69, 9.17) is 9.15 Å². The maximum atomic E-state index is 12.9. The number of benzene rings is 1. The van der Waals surface area contributed by atoms with E-state index in [-0.39, 0.29) is 0 Å². The molecular weight excluding hydrogens is 466 g/mol. The van der Waals surface area contributed by atoms with Gasteiger partial charge in [-0.05, 0) is 59.9 Å². The van der Waals surface area contributed by atoms with E-state index < -0.39 is 35.4 Å². The Labute approximate surface area is 160 Å². The lowest BCUT2D eigenvalue weighted by Gasteiger charge is -2.16. The lowest BCUT2D eigenvalue weighted by molar-refractivity contribution is -0.148. The van der Waals surface area contributed by atoms with Crippen molar-refractivity contribution in [3.63, 3.8) is 0 Å². The first kappa shape index (κ1) is 20.0. The van der Waals surface area contributed by atoms with Gasteiger partial charge in [-0.15, -0.1) is 0 Å². The summed E-state index contributed by atoms with van der Waals surface area (Å²) in [6, 6.07) is 7.86. The number of nitrogens with one attached hydrogen (secondary N) is 1. The molecule has 1 atom stereocenters. The number of rotatable bonds is 5. The maximum absolute atomic E-state index is 12.9. The standard InChI is InChI=1S/C17H13F3INO4/c1-10(25-15(23)9-7-11-6-8-14(21)26-11)16(24)22-13-5-3-2-4-12(13)17(18,19)20/h2-10H,1H3,(H,22,24)/b9-7+. The molecule has 5 nitrogen and oxygen atoms in total. The smallest absolute Gasteiger partial charge is 0.418 e. The third-order valence-corrected chi connectivity index (χ3v) is 3.71. The Balaban J connectivity index is 1.98. The fraction of sp³-hybridized carbons (Fsp3) is 0.176. The van der Waals surface area contributed by atoms with E-state index in [1.54, 1.807) is 12.1 Å². The van der Waals surface area contributed by atoms with Gasteiger partial charge in [0.05, 0.1) is 11.3 Å². The fourth-order valence-electron chi connectivity index (χ4n) is 1.91. The van der Waals surface area contributed by atoms with Crippen LogP contribution in [-0.4, -0.2) is 18.0 Å². The van der Waals surface area contributed by atoms with E-state index in [2.05, 4.69) is 5.32 Å². The first-order chi connectivity index (χ1) is 12.2. The van der Waals surface area contributed by atoms with Crippen molar-refractivity contribution >= 4 is 46.2 Å². The van der Waals surface area contributed by atoms with Gasteiger partial charge in [-0.1, -0.05) is 12.1 Å². The molecule has 0 saturated heterocycles. The molecule has 1 unspecified atom stereocenters. The largest absolute Gasteiger partial charge is 0.451 e. The van der Waals surface area contributed by atoms with Crippen molar-refractivity contribution in [2.75, 3.05) is 5.32 Å². The van der Waals surface area contributed by atoms with Gasteiger partial charge in [-0.3, -0.25) is 4.79 Å². The van der Waals surface area contributed by atoms with E-state index in [9.17, 15) is 22.8 Å². The number of ether oxygens (including phenoxy) is 1. The highest BCUT2D eigenvalue weighted by Crippen LogP contribution is 2.34. The molecule has 1 aromatic carbocycles. The number of halogens is 4. The number of hydrogen-bond donors (Lipinski definition) is 1. The summed E-state index contributed by atoms with van der Waals surface area (Å²) in [5, 5.41) is 2.12. The van der Waals surface area contributed by atoms with Crippen molar-refractivity contribution in [1.82, 2.24) is 0 Å². The van der Waals surface area contributed by atoms with Crippen LogP contribution in [0.1, 0.15) is 18.2 Å². The van der Waals surface area contributed by atoms with Crippen molar-refractivity contribution in [3.8, 4) is 0 Å².